The molecule has 0 spiro atoms. The van der Waals surface area contributed by atoms with Crippen LogP contribution in [0.5, 0.6) is 0 Å². The quantitative estimate of drug-likeness (QED) is 0.122. The maximum absolute atomic E-state index is 6.53. The lowest BCUT2D eigenvalue weighted by atomic mass is 9.90. The Balaban J connectivity index is 1.09. The van der Waals surface area contributed by atoms with Gasteiger partial charge in [-0.2, -0.15) is 0 Å². The van der Waals surface area contributed by atoms with Crippen molar-refractivity contribution in [3.63, 3.8) is 0 Å². The molecule has 56 heavy (non-hydrogen) atoms. The van der Waals surface area contributed by atoms with Crippen LogP contribution in [-0.2, 0) is 0 Å². The van der Waals surface area contributed by atoms with Crippen LogP contribution >= 0.6 is 0 Å². The molecule has 11 aromatic rings. The molecule has 0 unspecified atom stereocenters. The molecule has 0 N–H and O–H groups in total. The average molecular weight is 718 g/mol. The summed E-state index contributed by atoms with van der Waals surface area (Å²) in [6.07, 6.45) is 5.03. The van der Waals surface area contributed by atoms with Crippen LogP contribution in [0.25, 0.3) is 110 Å². The zero-order valence-corrected chi connectivity index (χ0v) is 30.8. The number of furan rings is 1. The molecule has 0 atom stereocenters. The Morgan fingerprint density at radius 2 is 1.20 bits per heavy atom. The highest BCUT2D eigenvalue weighted by molar-refractivity contribution is 6.33. The number of benzene rings is 8. The second kappa shape index (κ2) is 12.6. The molecule has 4 nitrogen and oxygen atoms in total. The van der Waals surface area contributed by atoms with Crippen LogP contribution in [-0.4, -0.2) is 14.5 Å². The molecule has 0 saturated heterocycles. The minimum atomic E-state index is 0.608. The van der Waals surface area contributed by atoms with Crippen molar-refractivity contribution in [2.24, 2.45) is 0 Å². The lowest BCUT2D eigenvalue weighted by Gasteiger charge is -2.14. The normalized spacial score (nSPS) is 12.1. The highest BCUT2D eigenvalue weighted by Crippen LogP contribution is 2.45. The van der Waals surface area contributed by atoms with Gasteiger partial charge < -0.3 is 4.42 Å². The molecule has 4 heteroatoms. The summed E-state index contributed by atoms with van der Waals surface area (Å²) >= 11 is 0. The molecule has 0 saturated carbocycles. The van der Waals surface area contributed by atoms with E-state index in [4.69, 9.17) is 14.4 Å². The minimum absolute atomic E-state index is 0.608. The zero-order chi connectivity index (χ0) is 37.3. The fraction of sp³-hybridized carbons (Fsp3) is 0.0385. The number of hydrogen-bond acceptors (Lipinski definition) is 3. The average Bonchev–Trinajstić information content (AvgIpc) is 3.81. The van der Waals surface area contributed by atoms with E-state index < -0.39 is 0 Å². The van der Waals surface area contributed by atoms with E-state index >= 15 is 0 Å². The molecule has 11 rings (SSSR count). The van der Waals surface area contributed by atoms with E-state index in [1.807, 2.05) is 6.08 Å². The van der Waals surface area contributed by atoms with E-state index in [0.29, 0.717) is 5.82 Å². The molecule has 8 aromatic carbocycles. The monoisotopic (exact) mass is 717 g/mol. The predicted octanol–water partition coefficient (Wildman–Crippen LogP) is 14.2. The summed E-state index contributed by atoms with van der Waals surface area (Å²) in [4.78, 5) is 10.3. The van der Waals surface area contributed by atoms with Crippen LogP contribution in [0, 0.1) is 0 Å². The number of hydrogen-bond donors (Lipinski definition) is 0. The van der Waals surface area contributed by atoms with E-state index in [0.717, 1.165) is 68.0 Å². The van der Waals surface area contributed by atoms with Crippen molar-refractivity contribution >= 4 is 70.9 Å². The second-order valence-electron chi connectivity index (χ2n) is 14.5. The van der Waals surface area contributed by atoms with E-state index in [1.165, 1.54) is 48.7 Å². The van der Waals surface area contributed by atoms with E-state index in [-0.39, 0.29) is 0 Å². The first-order valence-electron chi connectivity index (χ1n) is 19.2. The first-order valence-corrected chi connectivity index (χ1v) is 19.2. The van der Waals surface area contributed by atoms with Gasteiger partial charge in [-0.3, -0.25) is 4.57 Å². The molecule has 0 amide bonds. The number of para-hydroxylation sites is 2. The summed E-state index contributed by atoms with van der Waals surface area (Å²) < 4.78 is 8.78. The van der Waals surface area contributed by atoms with E-state index in [1.54, 1.807) is 0 Å². The van der Waals surface area contributed by atoms with Gasteiger partial charge in [0.15, 0.2) is 5.82 Å². The number of fused-ring (bicyclic) bond motifs is 6. The maximum Gasteiger partial charge on any atom is 0.161 e. The van der Waals surface area contributed by atoms with Crippen molar-refractivity contribution in [3.05, 3.63) is 182 Å². The molecule has 0 radical (unpaired) electrons. The summed E-state index contributed by atoms with van der Waals surface area (Å²) in [6, 6.07) is 56.2. The Labute approximate surface area is 323 Å². The van der Waals surface area contributed by atoms with Crippen LogP contribution in [0.3, 0.4) is 0 Å². The summed E-state index contributed by atoms with van der Waals surface area (Å²) in [5, 5.41) is 9.57. The number of nitrogens with zero attached hydrogens (tertiary/aromatic N) is 3. The highest BCUT2D eigenvalue weighted by atomic mass is 16.3. The van der Waals surface area contributed by atoms with Crippen LogP contribution in [0.15, 0.2) is 181 Å². The molecule has 3 aromatic heterocycles. The molecule has 0 aliphatic rings. The van der Waals surface area contributed by atoms with Gasteiger partial charge in [-0.25, -0.2) is 9.97 Å². The van der Waals surface area contributed by atoms with Gasteiger partial charge in [-0.15, -0.1) is 0 Å². The Hall–Kier alpha value is -7.30. The molecular formula is C52H35N3O. The molecule has 264 valence electrons. The van der Waals surface area contributed by atoms with Crippen molar-refractivity contribution in [1.29, 1.82) is 0 Å². The van der Waals surface area contributed by atoms with Crippen LogP contribution in [0.2, 0.25) is 0 Å². The minimum Gasteiger partial charge on any atom is -0.456 e. The van der Waals surface area contributed by atoms with Gasteiger partial charge in [0.25, 0.3) is 0 Å². The van der Waals surface area contributed by atoms with Gasteiger partial charge in [0, 0.05) is 38.7 Å². The molecule has 0 aliphatic carbocycles. The summed E-state index contributed by atoms with van der Waals surface area (Å²) in [5.41, 5.74) is 11.2. The first-order chi connectivity index (χ1) is 27.6. The third kappa shape index (κ3) is 5.00. The van der Waals surface area contributed by atoms with Crippen LogP contribution < -0.4 is 0 Å². The number of rotatable bonds is 7. The number of aromatic nitrogens is 3. The van der Waals surface area contributed by atoms with Crippen molar-refractivity contribution < 1.29 is 4.42 Å². The second-order valence-corrected chi connectivity index (χ2v) is 14.5. The van der Waals surface area contributed by atoms with Crippen molar-refractivity contribution in [2.75, 3.05) is 0 Å². The van der Waals surface area contributed by atoms with Crippen LogP contribution in [0.1, 0.15) is 19.2 Å². The number of allylic oxidation sites excluding steroid dienone is 3. The Kier molecular flexibility index (Phi) is 7.26. The Bertz CT molecular complexity index is 3310. The van der Waals surface area contributed by atoms with Crippen molar-refractivity contribution in [3.8, 4) is 39.3 Å². The van der Waals surface area contributed by atoms with Gasteiger partial charge in [0.05, 0.1) is 16.7 Å². The summed E-state index contributed by atoms with van der Waals surface area (Å²) in [5.74, 6) is 1.41. The molecule has 3 heterocycles. The van der Waals surface area contributed by atoms with Gasteiger partial charge in [-0.1, -0.05) is 135 Å². The Morgan fingerprint density at radius 3 is 2.00 bits per heavy atom. The maximum atomic E-state index is 6.53. The third-order valence-electron chi connectivity index (χ3n) is 11.2. The SMILES string of the molecule is C=C(/C=C\CC)c1nc(-c2cccc(-c3ccc4c(c3)c3cccc5oc6cc(-c7ccccc7)cc4c6c53)c2)cc(-n2c3ccccc3c3ccccc32)n1. The zero-order valence-electron chi connectivity index (χ0n) is 30.8. The molecular weight excluding hydrogens is 683 g/mol. The predicted molar refractivity (Wildman–Crippen MR) is 235 cm³/mol. The lowest BCUT2D eigenvalue weighted by Crippen LogP contribution is -2.04. The largest absolute Gasteiger partial charge is 0.456 e. The third-order valence-corrected chi connectivity index (χ3v) is 11.2. The van der Waals surface area contributed by atoms with Crippen molar-refractivity contribution in [1.82, 2.24) is 14.5 Å². The summed E-state index contributed by atoms with van der Waals surface area (Å²) in [7, 11) is 0. The van der Waals surface area contributed by atoms with Gasteiger partial charge in [0.2, 0.25) is 0 Å². The molecule has 0 fully saturated rings. The summed E-state index contributed by atoms with van der Waals surface area (Å²) in [6.45, 7) is 6.51. The van der Waals surface area contributed by atoms with E-state index in [2.05, 4.69) is 182 Å². The topological polar surface area (TPSA) is 43.9 Å². The van der Waals surface area contributed by atoms with Gasteiger partial charge >= 0.3 is 0 Å². The first kappa shape index (κ1) is 32.2. The molecule has 0 bridgehead atoms. The van der Waals surface area contributed by atoms with Gasteiger partial charge in [0.1, 0.15) is 17.0 Å². The smallest absolute Gasteiger partial charge is 0.161 e. The van der Waals surface area contributed by atoms with Crippen molar-refractivity contribution in [2.45, 2.75) is 13.3 Å². The van der Waals surface area contributed by atoms with E-state index in [9.17, 15) is 0 Å². The van der Waals surface area contributed by atoms with Gasteiger partial charge in [-0.05, 0) is 92.7 Å². The Morgan fingerprint density at radius 1 is 0.536 bits per heavy atom. The molecule has 0 aliphatic heterocycles. The standard InChI is InChI=1S/C52H35N3O/c1-3-4-14-32(2)52-53-44(31-49(54-52)55-45-22-10-8-19-39(45)40-20-9-11-23-46(40)55)36-18-12-17-34(27-36)35-25-26-38-42(28-35)41-21-13-24-47-50(41)51-43(38)29-37(30-48(51)56-47)33-15-6-5-7-16-33/h4-31H,2-3H2,1H3/b14-4-. The fourth-order valence-corrected chi connectivity index (χ4v) is 8.56. The highest BCUT2D eigenvalue weighted by Gasteiger charge is 2.20. The van der Waals surface area contributed by atoms with Crippen LogP contribution in [0.4, 0.5) is 0 Å². The fourth-order valence-electron chi connectivity index (χ4n) is 8.56. The lowest BCUT2D eigenvalue weighted by molar-refractivity contribution is 0.669.